The molecule has 1 atom stereocenters. The minimum absolute atomic E-state index is 0.0973. The molecule has 3 heterocycles. The number of ether oxygens (including phenoxy) is 1. The van der Waals surface area contributed by atoms with Gasteiger partial charge in [0.25, 0.3) is 5.91 Å². The first-order valence-electron chi connectivity index (χ1n) is 13.0. The number of likely N-dealkylation sites (N-methyl/N-ethyl adjacent to an activating group) is 1. The zero-order valence-corrected chi connectivity index (χ0v) is 22.9. The van der Waals surface area contributed by atoms with Crippen molar-refractivity contribution in [2.75, 3.05) is 32.8 Å². The summed E-state index contributed by atoms with van der Waals surface area (Å²) in [6, 6.07) is 14.5. The van der Waals surface area contributed by atoms with E-state index >= 15 is 0 Å². The van der Waals surface area contributed by atoms with Gasteiger partial charge in [0.2, 0.25) is 5.78 Å². The molecular formula is C29H32N4O4S. The van der Waals surface area contributed by atoms with E-state index in [1.165, 1.54) is 11.3 Å². The fourth-order valence-electron chi connectivity index (χ4n) is 5.19. The van der Waals surface area contributed by atoms with Crippen LogP contribution in [0.15, 0.2) is 59.9 Å². The Balaban J connectivity index is 1.59. The third-order valence-corrected chi connectivity index (χ3v) is 8.32. The van der Waals surface area contributed by atoms with E-state index in [9.17, 15) is 14.7 Å². The molecule has 5 rings (SSSR count). The Morgan fingerprint density at radius 2 is 1.89 bits per heavy atom. The second-order valence-corrected chi connectivity index (χ2v) is 10.2. The number of thiazole rings is 1. The van der Waals surface area contributed by atoms with Crippen molar-refractivity contribution in [3.05, 3.63) is 76.0 Å². The number of ketones is 1. The van der Waals surface area contributed by atoms with Crippen LogP contribution in [0.1, 0.15) is 47.7 Å². The second kappa shape index (κ2) is 10.6. The van der Waals surface area contributed by atoms with Crippen molar-refractivity contribution in [2.24, 2.45) is 0 Å². The highest BCUT2D eigenvalue weighted by Gasteiger charge is 2.44. The standard InChI is InChI=1S/C29H32N4O4S/c1-5-31(6-2)15-16-32-24(19-11-10-12-20(17-19)37-7-3)23(26(35)28(32)36)25(34)27-18(4)33-22-14-9-8-13-21(22)30-29(33)38-27/h8-14,17,24,35H,5-7,15-16H2,1-4H3. The van der Waals surface area contributed by atoms with E-state index in [-0.39, 0.29) is 11.4 Å². The summed E-state index contributed by atoms with van der Waals surface area (Å²) in [4.78, 5) is 37.2. The molecule has 1 aliphatic heterocycles. The van der Waals surface area contributed by atoms with Gasteiger partial charge >= 0.3 is 0 Å². The number of hydrogen-bond acceptors (Lipinski definition) is 7. The number of Topliss-reactive ketones (excluding diaryl/α,β-unsaturated/α-hetero) is 1. The minimum Gasteiger partial charge on any atom is -0.503 e. The molecule has 0 spiro atoms. The van der Waals surface area contributed by atoms with Gasteiger partial charge in [0, 0.05) is 18.8 Å². The highest BCUT2D eigenvalue weighted by molar-refractivity contribution is 7.19. The SMILES string of the molecule is CCOc1cccc(C2C(C(=O)c3sc4nc5ccccc5n4c3C)=C(O)C(=O)N2CCN(CC)CC)c1. The summed E-state index contributed by atoms with van der Waals surface area (Å²) < 4.78 is 7.68. The molecule has 1 aliphatic rings. The Hall–Kier alpha value is -3.69. The largest absolute Gasteiger partial charge is 0.503 e. The van der Waals surface area contributed by atoms with Crippen LogP contribution in [0.3, 0.4) is 0 Å². The summed E-state index contributed by atoms with van der Waals surface area (Å²) in [5, 5.41) is 11.1. The maximum atomic E-state index is 14.1. The number of benzene rings is 2. The van der Waals surface area contributed by atoms with E-state index in [1.807, 2.05) is 66.8 Å². The predicted molar refractivity (Wildman–Crippen MR) is 149 cm³/mol. The Bertz CT molecular complexity index is 1550. The van der Waals surface area contributed by atoms with Gasteiger partial charge in [-0.2, -0.15) is 0 Å². The van der Waals surface area contributed by atoms with Gasteiger partial charge in [-0.3, -0.25) is 14.0 Å². The number of hydrogen-bond donors (Lipinski definition) is 1. The van der Waals surface area contributed by atoms with Crippen molar-refractivity contribution in [1.29, 1.82) is 0 Å². The molecule has 1 amide bonds. The van der Waals surface area contributed by atoms with Crippen LogP contribution in [0, 0.1) is 6.92 Å². The summed E-state index contributed by atoms with van der Waals surface area (Å²) in [6.45, 7) is 11.1. The molecule has 2 aromatic carbocycles. The van der Waals surface area contributed by atoms with Crippen LogP contribution in [0.25, 0.3) is 16.0 Å². The number of aromatic nitrogens is 2. The van der Waals surface area contributed by atoms with Gasteiger partial charge in [0.15, 0.2) is 10.7 Å². The molecule has 0 radical (unpaired) electrons. The first kappa shape index (κ1) is 25.9. The molecule has 4 aromatic rings. The van der Waals surface area contributed by atoms with Crippen LogP contribution in [-0.2, 0) is 4.79 Å². The lowest BCUT2D eigenvalue weighted by molar-refractivity contribution is -0.129. The maximum Gasteiger partial charge on any atom is 0.290 e. The summed E-state index contributed by atoms with van der Waals surface area (Å²) in [6.07, 6.45) is 0. The number of nitrogens with zero attached hydrogens (tertiary/aromatic N) is 4. The fraction of sp³-hybridized carbons (Fsp3) is 0.345. The molecule has 9 heteroatoms. The van der Waals surface area contributed by atoms with Crippen molar-refractivity contribution in [2.45, 2.75) is 33.7 Å². The smallest absolute Gasteiger partial charge is 0.290 e. The van der Waals surface area contributed by atoms with Crippen LogP contribution >= 0.6 is 11.3 Å². The van der Waals surface area contributed by atoms with E-state index in [1.54, 1.807) is 4.90 Å². The van der Waals surface area contributed by atoms with E-state index < -0.39 is 17.7 Å². The predicted octanol–water partition coefficient (Wildman–Crippen LogP) is 5.18. The number of aliphatic hydroxyl groups is 1. The van der Waals surface area contributed by atoms with Gasteiger partial charge in [-0.25, -0.2) is 4.98 Å². The third-order valence-electron chi connectivity index (χ3n) is 7.18. The van der Waals surface area contributed by atoms with Gasteiger partial charge in [-0.05, 0) is 56.8 Å². The zero-order chi connectivity index (χ0) is 27.0. The number of aliphatic hydroxyl groups excluding tert-OH is 1. The average molecular weight is 533 g/mol. The van der Waals surface area contributed by atoms with Crippen LogP contribution in [0.2, 0.25) is 0 Å². The van der Waals surface area contributed by atoms with Crippen molar-refractivity contribution in [3.63, 3.8) is 0 Å². The summed E-state index contributed by atoms with van der Waals surface area (Å²) in [5.74, 6) is -0.727. The topological polar surface area (TPSA) is 87.4 Å². The highest BCUT2D eigenvalue weighted by atomic mass is 32.1. The molecule has 1 unspecified atom stereocenters. The second-order valence-electron chi connectivity index (χ2n) is 9.26. The number of amides is 1. The molecule has 2 aromatic heterocycles. The first-order chi connectivity index (χ1) is 18.4. The quantitative estimate of drug-likeness (QED) is 0.283. The summed E-state index contributed by atoms with van der Waals surface area (Å²) >= 11 is 1.28. The lowest BCUT2D eigenvalue weighted by atomic mass is 9.95. The van der Waals surface area contributed by atoms with Crippen molar-refractivity contribution >= 4 is 39.0 Å². The normalized spacial score (nSPS) is 16.0. The zero-order valence-electron chi connectivity index (χ0n) is 22.1. The number of fused-ring (bicyclic) bond motifs is 3. The van der Waals surface area contributed by atoms with Gasteiger partial charge in [0.1, 0.15) is 5.75 Å². The third kappa shape index (κ3) is 4.35. The highest BCUT2D eigenvalue weighted by Crippen LogP contribution is 2.41. The van der Waals surface area contributed by atoms with Gasteiger partial charge in [-0.1, -0.05) is 49.4 Å². The number of carbonyl (C=O) groups excluding carboxylic acids is 2. The van der Waals surface area contributed by atoms with Crippen molar-refractivity contribution in [3.8, 4) is 5.75 Å². The Morgan fingerprint density at radius 3 is 2.63 bits per heavy atom. The van der Waals surface area contributed by atoms with Crippen LogP contribution in [-0.4, -0.2) is 68.8 Å². The van der Waals surface area contributed by atoms with Crippen molar-refractivity contribution in [1.82, 2.24) is 19.2 Å². The molecule has 0 saturated carbocycles. The van der Waals surface area contributed by atoms with E-state index in [0.717, 1.165) is 35.4 Å². The van der Waals surface area contributed by atoms with Crippen LogP contribution < -0.4 is 4.74 Å². The molecule has 198 valence electrons. The number of aryl methyl sites for hydroxylation is 1. The molecule has 0 aliphatic carbocycles. The lowest BCUT2D eigenvalue weighted by Crippen LogP contribution is -2.38. The summed E-state index contributed by atoms with van der Waals surface area (Å²) in [5.41, 5.74) is 3.32. The molecule has 0 fully saturated rings. The Morgan fingerprint density at radius 1 is 1.13 bits per heavy atom. The van der Waals surface area contributed by atoms with Gasteiger partial charge < -0.3 is 19.6 Å². The van der Waals surface area contributed by atoms with Crippen LogP contribution in [0.4, 0.5) is 0 Å². The lowest BCUT2D eigenvalue weighted by Gasteiger charge is -2.29. The molecule has 0 saturated heterocycles. The average Bonchev–Trinajstić information content (AvgIpc) is 3.53. The van der Waals surface area contributed by atoms with Gasteiger partial charge in [-0.15, -0.1) is 0 Å². The van der Waals surface area contributed by atoms with E-state index in [2.05, 4.69) is 23.7 Å². The number of carbonyl (C=O) groups is 2. The van der Waals surface area contributed by atoms with E-state index in [0.29, 0.717) is 35.3 Å². The monoisotopic (exact) mass is 532 g/mol. The van der Waals surface area contributed by atoms with Crippen LogP contribution in [0.5, 0.6) is 5.75 Å². The van der Waals surface area contributed by atoms with Crippen molar-refractivity contribution < 1.29 is 19.4 Å². The summed E-state index contributed by atoms with van der Waals surface area (Å²) in [7, 11) is 0. The number of imidazole rings is 1. The first-order valence-corrected chi connectivity index (χ1v) is 13.8. The van der Waals surface area contributed by atoms with E-state index in [4.69, 9.17) is 4.74 Å². The number of para-hydroxylation sites is 2. The molecule has 8 nitrogen and oxygen atoms in total. The Kier molecular flexibility index (Phi) is 7.23. The minimum atomic E-state index is -0.725. The number of rotatable bonds is 10. The Labute approximate surface area is 225 Å². The van der Waals surface area contributed by atoms with Gasteiger partial charge in [0.05, 0.1) is 34.1 Å². The maximum absolute atomic E-state index is 14.1. The fourth-order valence-corrected chi connectivity index (χ4v) is 6.28. The molecule has 38 heavy (non-hydrogen) atoms. The molecular weight excluding hydrogens is 500 g/mol. The molecule has 0 bridgehead atoms. The molecule has 1 N–H and O–H groups in total.